The zero-order valence-corrected chi connectivity index (χ0v) is 18.2. The van der Waals surface area contributed by atoms with Gasteiger partial charge in [-0.15, -0.1) is 4.80 Å². The Morgan fingerprint density at radius 2 is 1.85 bits per heavy atom. The van der Waals surface area contributed by atoms with Crippen LogP contribution in [0.5, 0.6) is 0 Å². The summed E-state index contributed by atoms with van der Waals surface area (Å²) in [6, 6.07) is 6.37. The number of hydrogen-bond acceptors (Lipinski definition) is 6. The number of halogens is 2. The van der Waals surface area contributed by atoms with E-state index in [-0.39, 0.29) is 16.7 Å². The lowest BCUT2D eigenvalue weighted by Crippen LogP contribution is -2.15. The number of anilines is 1. The van der Waals surface area contributed by atoms with E-state index in [1.54, 1.807) is 42.9 Å². The highest BCUT2D eigenvalue weighted by Gasteiger charge is 2.19. The van der Waals surface area contributed by atoms with Crippen LogP contribution in [-0.4, -0.2) is 40.6 Å². The van der Waals surface area contributed by atoms with Crippen molar-refractivity contribution in [1.82, 2.24) is 34.7 Å². The minimum absolute atomic E-state index is 0.281. The topological polar surface area (TPSA) is 103 Å². The van der Waals surface area contributed by atoms with E-state index in [4.69, 9.17) is 11.6 Å². The second kappa shape index (κ2) is 8.06. The number of nitrogens with one attached hydrogen (secondary N) is 1. The molecule has 9 nitrogen and oxygen atoms in total. The van der Waals surface area contributed by atoms with E-state index in [9.17, 15) is 9.18 Å². The van der Waals surface area contributed by atoms with E-state index in [1.807, 2.05) is 0 Å². The molecule has 0 atom stereocenters. The Bertz CT molecular complexity index is 1510. The van der Waals surface area contributed by atoms with Crippen molar-refractivity contribution in [2.75, 3.05) is 5.32 Å². The fourth-order valence-electron chi connectivity index (χ4n) is 3.54. The fourth-order valence-corrected chi connectivity index (χ4v) is 3.76. The van der Waals surface area contributed by atoms with Gasteiger partial charge in [0.1, 0.15) is 5.82 Å². The third-order valence-electron chi connectivity index (χ3n) is 5.22. The zero-order valence-electron chi connectivity index (χ0n) is 17.5. The highest BCUT2D eigenvalue weighted by molar-refractivity contribution is 6.32. The van der Waals surface area contributed by atoms with Crippen LogP contribution in [0.3, 0.4) is 0 Å². The Labute approximate surface area is 191 Å². The first-order chi connectivity index (χ1) is 15.9. The number of aromatic nitrogens is 7. The van der Waals surface area contributed by atoms with Gasteiger partial charge in [0, 0.05) is 17.0 Å². The number of carbonyl (C=O) groups excluding carboxylic acids is 1. The van der Waals surface area contributed by atoms with Crippen molar-refractivity contribution in [3.8, 4) is 11.5 Å². The molecule has 0 aliphatic carbocycles. The first kappa shape index (κ1) is 20.7. The summed E-state index contributed by atoms with van der Waals surface area (Å²) in [5, 5.41) is 16.5. The average molecular weight is 463 g/mol. The molecule has 0 saturated heterocycles. The molecule has 1 amide bonds. The predicted molar refractivity (Wildman–Crippen MR) is 120 cm³/mol. The Morgan fingerprint density at radius 1 is 1.06 bits per heavy atom. The van der Waals surface area contributed by atoms with Gasteiger partial charge < -0.3 is 5.32 Å². The third-order valence-corrected chi connectivity index (χ3v) is 5.49. The Morgan fingerprint density at radius 3 is 2.64 bits per heavy atom. The second-order valence-electron chi connectivity index (χ2n) is 7.25. The van der Waals surface area contributed by atoms with Crippen molar-refractivity contribution in [3.05, 3.63) is 83.0 Å². The summed E-state index contributed by atoms with van der Waals surface area (Å²) in [7, 11) is 0. The molecule has 5 rings (SSSR count). The summed E-state index contributed by atoms with van der Waals surface area (Å²) in [6.45, 7) is 3.50. The standard InChI is InChI=1S/C22H16ClFN8O/c1-12-19(8-17(23)21(29-12)32-26-6-7-27-32)30-22(33)15-10-28-31(13(15)2)20-11-25-9-16-14(20)4-3-5-18(16)24/h3-11H,1-2H3,(H,30,33). The summed E-state index contributed by atoms with van der Waals surface area (Å²) in [6.07, 6.45) is 7.53. The summed E-state index contributed by atoms with van der Waals surface area (Å²) in [5.41, 5.74) is 2.47. The number of amides is 1. The number of pyridine rings is 2. The Hall–Kier alpha value is -4.18. The van der Waals surface area contributed by atoms with Crippen LogP contribution < -0.4 is 5.32 Å². The van der Waals surface area contributed by atoms with Crippen molar-refractivity contribution >= 4 is 34.0 Å². The maximum atomic E-state index is 14.2. The molecule has 1 N–H and O–H groups in total. The van der Waals surface area contributed by atoms with Gasteiger partial charge in [0.15, 0.2) is 5.82 Å². The molecule has 0 bridgehead atoms. The largest absolute Gasteiger partial charge is 0.320 e. The highest BCUT2D eigenvalue weighted by atomic mass is 35.5. The number of aryl methyl sites for hydroxylation is 1. The number of nitrogens with zero attached hydrogens (tertiary/aromatic N) is 7. The van der Waals surface area contributed by atoms with Crippen LogP contribution in [0.1, 0.15) is 21.7 Å². The van der Waals surface area contributed by atoms with Crippen molar-refractivity contribution < 1.29 is 9.18 Å². The first-order valence-corrected chi connectivity index (χ1v) is 10.2. The quantitative estimate of drug-likeness (QED) is 0.432. The lowest BCUT2D eigenvalue weighted by atomic mass is 10.1. The molecule has 0 fully saturated rings. The normalized spacial score (nSPS) is 11.2. The molecule has 1 aromatic carbocycles. The van der Waals surface area contributed by atoms with Crippen LogP contribution >= 0.6 is 11.6 Å². The molecule has 0 saturated carbocycles. The van der Waals surface area contributed by atoms with Crippen molar-refractivity contribution in [2.24, 2.45) is 0 Å². The average Bonchev–Trinajstić information content (AvgIpc) is 3.46. The number of benzene rings is 1. The van der Waals surface area contributed by atoms with Crippen LogP contribution in [0.15, 0.2) is 55.2 Å². The lowest BCUT2D eigenvalue weighted by Gasteiger charge is -2.11. The van der Waals surface area contributed by atoms with Crippen LogP contribution in [0.4, 0.5) is 10.1 Å². The van der Waals surface area contributed by atoms with Crippen molar-refractivity contribution in [3.63, 3.8) is 0 Å². The molecule has 33 heavy (non-hydrogen) atoms. The molecule has 0 aliphatic heterocycles. The van der Waals surface area contributed by atoms with Crippen LogP contribution in [0, 0.1) is 19.7 Å². The van der Waals surface area contributed by atoms with Crippen LogP contribution in [-0.2, 0) is 0 Å². The van der Waals surface area contributed by atoms with E-state index < -0.39 is 0 Å². The van der Waals surface area contributed by atoms with Gasteiger partial charge in [-0.05, 0) is 26.0 Å². The minimum Gasteiger partial charge on any atom is -0.320 e. The second-order valence-corrected chi connectivity index (χ2v) is 7.66. The number of fused-ring (bicyclic) bond motifs is 1. The fraction of sp³-hybridized carbons (Fsp3) is 0.0909. The van der Waals surface area contributed by atoms with E-state index in [2.05, 4.69) is 30.6 Å². The van der Waals surface area contributed by atoms with Gasteiger partial charge in [-0.2, -0.15) is 15.3 Å². The Balaban J connectivity index is 1.47. The molecular weight excluding hydrogens is 447 g/mol. The van der Waals surface area contributed by atoms with Crippen LogP contribution in [0.25, 0.3) is 22.3 Å². The van der Waals surface area contributed by atoms with Gasteiger partial charge in [0.05, 0.1) is 58.1 Å². The van der Waals surface area contributed by atoms with Gasteiger partial charge in [-0.3, -0.25) is 9.78 Å². The molecule has 164 valence electrons. The molecule has 11 heteroatoms. The molecule has 4 aromatic heterocycles. The smallest absolute Gasteiger partial charge is 0.259 e. The van der Waals surface area contributed by atoms with Crippen molar-refractivity contribution in [1.29, 1.82) is 0 Å². The SMILES string of the molecule is Cc1nc(-n2nccn2)c(Cl)cc1NC(=O)c1cnn(-c2cncc3c(F)cccc23)c1C. The third kappa shape index (κ3) is 3.60. The molecule has 5 aromatic rings. The number of rotatable bonds is 4. The van der Waals surface area contributed by atoms with Crippen LogP contribution in [0.2, 0.25) is 5.02 Å². The predicted octanol–water partition coefficient (Wildman–Crippen LogP) is 4.06. The highest BCUT2D eigenvalue weighted by Crippen LogP contribution is 2.27. The Kier molecular flexibility index (Phi) is 5.06. The van der Waals surface area contributed by atoms with E-state index in [0.29, 0.717) is 44.9 Å². The monoisotopic (exact) mass is 462 g/mol. The van der Waals surface area contributed by atoms with Gasteiger partial charge in [-0.1, -0.05) is 23.7 Å². The summed E-state index contributed by atoms with van der Waals surface area (Å²) < 4.78 is 15.8. The molecule has 0 unspecified atom stereocenters. The first-order valence-electron chi connectivity index (χ1n) is 9.86. The summed E-state index contributed by atoms with van der Waals surface area (Å²) in [5.74, 6) is -0.404. The van der Waals surface area contributed by atoms with Gasteiger partial charge in [-0.25, -0.2) is 14.1 Å². The van der Waals surface area contributed by atoms with E-state index in [1.165, 1.54) is 35.7 Å². The molecular formula is C22H16ClFN8O. The summed E-state index contributed by atoms with van der Waals surface area (Å²) in [4.78, 5) is 22.9. The maximum absolute atomic E-state index is 14.2. The zero-order chi connectivity index (χ0) is 23.1. The molecule has 0 radical (unpaired) electrons. The maximum Gasteiger partial charge on any atom is 0.259 e. The van der Waals surface area contributed by atoms with Gasteiger partial charge >= 0.3 is 0 Å². The molecule has 0 spiro atoms. The lowest BCUT2D eigenvalue weighted by molar-refractivity contribution is 0.102. The number of hydrogen-bond donors (Lipinski definition) is 1. The van der Waals surface area contributed by atoms with Gasteiger partial charge in [0.2, 0.25) is 0 Å². The minimum atomic E-state index is -0.385. The van der Waals surface area contributed by atoms with Crippen molar-refractivity contribution in [2.45, 2.75) is 13.8 Å². The van der Waals surface area contributed by atoms with E-state index in [0.717, 1.165) is 0 Å². The molecule has 0 aliphatic rings. The van der Waals surface area contributed by atoms with E-state index >= 15 is 0 Å². The number of carbonyl (C=O) groups is 1. The molecule has 4 heterocycles. The van der Waals surface area contributed by atoms with Gasteiger partial charge in [0.25, 0.3) is 5.91 Å². The summed E-state index contributed by atoms with van der Waals surface area (Å²) >= 11 is 6.34.